The third-order valence-electron chi connectivity index (χ3n) is 2.87. The molecule has 1 heterocycles. The molecule has 104 valence electrons. The number of thiazole rings is 1. The minimum Gasteiger partial charge on any atom is -0.320 e. The highest BCUT2D eigenvalue weighted by Crippen LogP contribution is 2.32. The van der Waals surface area contributed by atoms with Gasteiger partial charge in [-0.3, -0.25) is 0 Å². The molecule has 0 radical (unpaired) electrons. The summed E-state index contributed by atoms with van der Waals surface area (Å²) in [6.45, 7) is 5.72. The van der Waals surface area contributed by atoms with Crippen LogP contribution in [0, 0.1) is 6.92 Å². The molecule has 1 aromatic rings. The first-order valence-corrected chi connectivity index (χ1v) is 6.80. The molecule has 18 heavy (non-hydrogen) atoms. The van der Waals surface area contributed by atoms with Crippen LogP contribution >= 0.6 is 11.3 Å². The van der Waals surface area contributed by atoms with E-state index in [0.717, 1.165) is 22.0 Å². The number of rotatable bonds is 5. The molecule has 2 nitrogen and oxygen atoms in total. The standard InChI is InChI=1S/C12H19F3N2S/c1-4-9-8(2)18-10(17-9)11(3,16)6-5-7-12(13,14)15/h4-7,16H2,1-3H3. The fourth-order valence-corrected chi connectivity index (χ4v) is 2.85. The zero-order valence-electron chi connectivity index (χ0n) is 10.9. The molecule has 2 N–H and O–H groups in total. The average molecular weight is 280 g/mol. The quantitative estimate of drug-likeness (QED) is 0.887. The van der Waals surface area contributed by atoms with E-state index in [0.29, 0.717) is 6.42 Å². The van der Waals surface area contributed by atoms with E-state index in [2.05, 4.69) is 4.98 Å². The van der Waals surface area contributed by atoms with Gasteiger partial charge in [0.25, 0.3) is 0 Å². The summed E-state index contributed by atoms with van der Waals surface area (Å²) in [4.78, 5) is 5.52. The fourth-order valence-electron chi connectivity index (χ4n) is 1.76. The van der Waals surface area contributed by atoms with Gasteiger partial charge in [-0.25, -0.2) is 4.98 Å². The zero-order chi connectivity index (χ0) is 14.0. The maximum atomic E-state index is 12.1. The number of nitrogens with two attached hydrogens (primary N) is 1. The molecule has 0 aliphatic rings. The first kappa shape index (κ1) is 15.4. The SMILES string of the molecule is CCc1nc(C(C)(N)CCCC(F)(F)F)sc1C. The molecule has 1 atom stereocenters. The maximum Gasteiger partial charge on any atom is 0.389 e. The van der Waals surface area contributed by atoms with E-state index in [1.165, 1.54) is 11.3 Å². The van der Waals surface area contributed by atoms with Gasteiger partial charge in [0.05, 0.1) is 11.2 Å². The van der Waals surface area contributed by atoms with Crippen LogP contribution in [0.5, 0.6) is 0 Å². The Morgan fingerprint density at radius 3 is 2.33 bits per heavy atom. The summed E-state index contributed by atoms with van der Waals surface area (Å²) in [5.41, 5.74) is 6.30. The van der Waals surface area contributed by atoms with Gasteiger partial charge in [-0.1, -0.05) is 6.92 Å². The second kappa shape index (κ2) is 5.57. The third kappa shape index (κ3) is 4.24. The molecule has 0 fully saturated rings. The number of hydrogen-bond donors (Lipinski definition) is 1. The highest BCUT2D eigenvalue weighted by Gasteiger charge is 2.30. The van der Waals surface area contributed by atoms with Crippen molar-refractivity contribution in [2.24, 2.45) is 5.73 Å². The van der Waals surface area contributed by atoms with E-state index < -0.39 is 18.1 Å². The van der Waals surface area contributed by atoms with E-state index in [-0.39, 0.29) is 6.42 Å². The molecular formula is C12H19F3N2S. The van der Waals surface area contributed by atoms with Crippen molar-refractivity contribution in [1.82, 2.24) is 4.98 Å². The van der Waals surface area contributed by atoms with Crippen molar-refractivity contribution in [3.8, 4) is 0 Å². The van der Waals surface area contributed by atoms with Gasteiger partial charge < -0.3 is 5.73 Å². The van der Waals surface area contributed by atoms with Crippen molar-refractivity contribution in [2.75, 3.05) is 0 Å². The second-order valence-corrected chi connectivity index (χ2v) is 5.96. The van der Waals surface area contributed by atoms with Gasteiger partial charge in [0.15, 0.2) is 0 Å². The Kier molecular flexibility index (Phi) is 4.78. The van der Waals surface area contributed by atoms with Crippen molar-refractivity contribution in [2.45, 2.75) is 58.2 Å². The van der Waals surface area contributed by atoms with E-state index >= 15 is 0 Å². The third-order valence-corrected chi connectivity index (χ3v) is 4.17. The monoisotopic (exact) mass is 280 g/mol. The predicted octanol–water partition coefficient (Wildman–Crippen LogP) is 3.92. The van der Waals surface area contributed by atoms with Crippen LogP contribution in [0.25, 0.3) is 0 Å². The van der Waals surface area contributed by atoms with Gasteiger partial charge >= 0.3 is 6.18 Å². The lowest BCUT2D eigenvalue weighted by molar-refractivity contribution is -0.136. The van der Waals surface area contributed by atoms with Crippen LogP contribution in [-0.4, -0.2) is 11.2 Å². The normalized spacial score (nSPS) is 15.7. The molecular weight excluding hydrogens is 261 g/mol. The number of hydrogen-bond acceptors (Lipinski definition) is 3. The number of aryl methyl sites for hydroxylation is 2. The molecule has 1 rings (SSSR count). The molecule has 0 saturated carbocycles. The maximum absolute atomic E-state index is 12.1. The Morgan fingerprint density at radius 2 is 1.89 bits per heavy atom. The second-order valence-electron chi connectivity index (χ2n) is 4.76. The number of halogens is 3. The first-order chi connectivity index (χ1) is 8.15. The summed E-state index contributed by atoms with van der Waals surface area (Å²) in [5, 5.41) is 0.735. The molecule has 0 saturated heterocycles. The van der Waals surface area contributed by atoms with Gasteiger partial charge in [-0.05, 0) is 33.1 Å². The Balaban J connectivity index is 2.67. The number of nitrogens with zero attached hydrogens (tertiary/aromatic N) is 1. The topological polar surface area (TPSA) is 38.9 Å². The molecule has 1 unspecified atom stereocenters. The smallest absolute Gasteiger partial charge is 0.320 e. The Bertz CT molecular complexity index is 397. The van der Waals surface area contributed by atoms with Crippen molar-refractivity contribution in [3.63, 3.8) is 0 Å². The molecule has 0 aliphatic carbocycles. The molecule has 0 spiro atoms. The van der Waals surface area contributed by atoms with Crippen LogP contribution < -0.4 is 5.73 Å². The van der Waals surface area contributed by atoms with Crippen molar-refractivity contribution in [3.05, 3.63) is 15.6 Å². The van der Waals surface area contributed by atoms with Gasteiger partial charge in [0.2, 0.25) is 0 Å². The Labute approximate surface area is 109 Å². The lowest BCUT2D eigenvalue weighted by Gasteiger charge is -2.22. The lowest BCUT2D eigenvalue weighted by Crippen LogP contribution is -2.33. The molecule has 0 amide bonds. The van der Waals surface area contributed by atoms with Crippen molar-refractivity contribution < 1.29 is 13.2 Å². The molecule has 1 aromatic heterocycles. The minimum atomic E-state index is -4.11. The van der Waals surface area contributed by atoms with Crippen LogP contribution in [0.1, 0.15) is 48.7 Å². The van der Waals surface area contributed by atoms with Crippen LogP contribution in [0.15, 0.2) is 0 Å². The van der Waals surface area contributed by atoms with E-state index in [4.69, 9.17) is 5.73 Å². The highest BCUT2D eigenvalue weighted by atomic mass is 32.1. The van der Waals surface area contributed by atoms with Gasteiger partial charge in [0, 0.05) is 11.3 Å². The Morgan fingerprint density at radius 1 is 1.28 bits per heavy atom. The van der Waals surface area contributed by atoms with Crippen LogP contribution in [0.4, 0.5) is 13.2 Å². The molecule has 0 aliphatic heterocycles. The lowest BCUT2D eigenvalue weighted by atomic mass is 9.97. The van der Waals surface area contributed by atoms with Gasteiger partial charge in [-0.15, -0.1) is 11.3 Å². The summed E-state index contributed by atoms with van der Waals surface area (Å²) >= 11 is 1.49. The number of alkyl halides is 3. The molecule has 6 heteroatoms. The van der Waals surface area contributed by atoms with Crippen molar-refractivity contribution in [1.29, 1.82) is 0 Å². The van der Waals surface area contributed by atoms with Crippen LogP contribution in [0.3, 0.4) is 0 Å². The summed E-state index contributed by atoms with van der Waals surface area (Å²) in [6, 6.07) is 0. The summed E-state index contributed by atoms with van der Waals surface area (Å²) in [5.74, 6) is 0. The predicted molar refractivity (Wildman–Crippen MR) is 67.7 cm³/mol. The summed E-state index contributed by atoms with van der Waals surface area (Å²) in [7, 11) is 0. The van der Waals surface area contributed by atoms with Crippen LogP contribution in [0.2, 0.25) is 0 Å². The molecule has 0 aromatic carbocycles. The summed E-state index contributed by atoms with van der Waals surface area (Å²) in [6.07, 6.45) is -3.74. The van der Waals surface area contributed by atoms with E-state index in [9.17, 15) is 13.2 Å². The van der Waals surface area contributed by atoms with E-state index in [1.807, 2.05) is 13.8 Å². The highest BCUT2D eigenvalue weighted by molar-refractivity contribution is 7.11. The van der Waals surface area contributed by atoms with Crippen LogP contribution in [-0.2, 0) is 12.0 Å². The fraction of sp³-hybridized carbons (Fsp3) is 0.750. The minimum absolute atomic E-state index is 0.0383. The summed E-state index contributed by atoms with van der Waals surface area (Å²) < 4.78 is 36.3. The Hall–Kier alpha value is -0.620. The number of aromatic nitrogens is 1. The molecule has 0 bridgehead atoms. The zero-order valence-corrected chi connectivity index (χ0v) is 11.7. The van der Waals surface area contributed by atoms with E-state index in [1.54, 1.807) is 6.92 Å². The van der Waals surface area contributed by atoms with Gasteiger partial charge in [0.1, 0.15) is 5.01 Å². The van der Waals surface area contributed by atoms with Gasteiger partial charge in [-0.2, -0.15) is 13.2 Å². The average Bonchev–Trinajstić information content (AvgIpc) is 2.58. The largest absolute Gasteiger partial charge is 0.389 e. The first-order valence-electron chi connectivity index (χ1n) is 5.98. The van der Waals surface area contributed by atoms with Crippen molar-refractivity contribution >= 4 is 11.3 Å².